The summed E-state index contributed by atoms with van der Waals surface area (Å²) in [4.78, 5) is 0. The average molecular weight is 262 g/mol. The number of nitrogens with two attached hydrogens (primary N) is 1. The Bertz CT molecular complexity index is 387. The Morgan fingerprint density at radius 2 is 2.21 bits per heavy atom. The molecule has 0 aliphatic carbocycles. The summed E-state index contributed by atoms with van der Waals surface area (Å²) in [6.45, 7) is 12.3. The number of hydrogen-bond acceptors (Lipinski definition) is 1. The van der Waals surface area contributed by atoms with Crippen molar-refractivity contribution < 1.29 is 10.1 Å². The number of rotatable bonds is 9. The number of benzene rings is 1. The van der Waals surface area contributed by atoms with Gasteiger partial charge in [-0.15, -0.1) is 6.58 Å². The maximum absolute atomic E-state index is 5.97. The molecule has 19 heavy (non-hydrogen) atoms. The minimum absolute atomic E-state index is 0.717. The van der Waals surface area contributed by atoms with E-state index in [0.717, 1.165) is 37.8 Å². The monoisotopic (exact) mass is 262 g/mol. The number of quaternary nitrogens is 1. The Hall–Kier alpha value is -1.28. The van der Waals surface area contributed by atoms with Crippen molar-refractivity contribution in [2.75, 3.05) is 13.2 Å². The second-order valence-electron chi connectivity index (χ2n) is 5.17. The summed E-state index contributed by atoms with van der Waals surface area (Å²) in [5.74, 6) is 1.05. The van der Waals surface area contributed by atoms with Gasteiger partial charge in [-0.1, -0.05) is 31.2 Å². The van der Waals surface area contributed by atoms with E-state index in [0.29, 0.717) is 0 Å². The molecule has 0 saturated heterocycles. The van der Waals surface area contributed by atoms with E-state index >= 15 is 0 Å². The predicted octanol–water partition coefficient (Wildman–Crippen LogP) is 2.85. The Balaban J connectivity index is 2.42. The first kappa shape index (κ1) is 15.8. The van der Waals surface area contributed by atoms with E-state index in [2.05, 4.69) is 50.9 Å². The third-order valence-corrected chi connectivity index (χ3v) is 3.47. The summed E-state index contributed by atoms with van der Waals surface area (Å²) in [7, 11) is 0. The number of allylic oxidation sites excluding steroid dienone is 1. The topological polar surface area (TPSA) is 25.8 Å². The Morgan fingerprint density at radius 1 is 1.42 bits per heavy atom. The molecule has 0 radical (unpaired) electrons. The zero-order valence-electron chi connectivity index (χ0n) is 12.6. The smallest absolute Gasteiger partial charge is 0.125 e. The van der Waals surface area contributed by atoms with Crippen LogP contribution in [0.3, 0.4) is 0 Å². The molecule has 0 aliphatic rings. The third kappa shape index (κ3) is 5.48. The lowest BCUT2D eigenvalue weighted by molar-refractivity contribution is -0.686. The van der Waals surface area contributed by atoms with Crippen molar-refractivity contribution in [3.63, 3.8) is 0 Å². The van der Waals surface area contributed by atoms with Crippen LogP contribution in [0.4, 0.5) is 0 Å². The lowest BCUT2D eigenvalue weighted by Gasteiger charge is -2.13. The molecule has 0 saturated carbocycles. The molecule has 106 valence electrons. The minimum atomic E-state index is 0.717. The minimum Gasteiger partial charge on any atom is -0.493 e. The van der Waals surface area contributed by atoms with Crippen LogP contribution in [0.5, 0.6) is 5.75 Å². The molecule has 0 heterocycles. The summed E-state index contributed by atoms with van der Waals surface area (Å²) in [5, 5.41) is 2.39. The fraction of sp³-hybridized carbons (Fsp3) is 0.529. The van der Waals surface area contributed by atoms with Crippen molar-refractivity contribution in [2.45, 2.75) is 46.1 Å². The second kappa shape index (κ2) is 8.76. The fourth-order valence-corrected chi connectivity index (χ4v) is 2.06. The predicted molar refractivity (Wildman–Crippen MR) is 81.7 cm³/mol. The van der Waals surface area contributed by atoms with Gasteiger partial charge >= 0.3 is 0 Å². The van der Waals surface area contributed by atoms with Crippen LogP contribution in [0.25, 0.3) is 0 Å². The largest absolute Gasteiger partial charge is 0.493 e. The van der Waals surface area contributed by atoms with E-state index in [1.807, 2.05) is 6.08 Å². The lowest BCUT2D eigenvalue weighted by atomic mass is 10.1. The highest BCUT2D eigenvalue weighted by Crippen LogP contribution is 2.24. The van der Waals surface area contributed by atoms with Gasteiger partial charge in [-0.05, 0) is 37.8 Å². The second-order valence-corrected chi connectivity index (χ2v) is 5.17. The van der Waals surface area contributed by atoms with E-state index in [1.165, 1.54) is 17.5 Å². The molecule has 0 unspecified atom stereocenters. The quantitative estimate of drug-likeness (QED) is 0.537. The first-order chi connectivity index (χ1) is 9.19. The molecule has 1 rings (SSSR count). The molecule has 0 aliphatic heterocycles. The number of ether oxygens (including phenoxy) is 1. The van der Waals surface area contributed by atoms with E-state index in [-0.39, 0.29) is 0 Å². The molecule has 2 heteroatoms. The van der Waals surface area contributed by atoms with Crippen LogP contribution in [0.1, 0.15) is 37.8 Å². The molecule has 0 spiro atoms. The summed E-state index contributed by atoms with van der Waals surface area (Å²) >= 11 is 0. The molecule has 0 amide bonds. The average Bonchev–Trinajstić information content (AvgIpc) is 2.41. The Labute approximate surface area is 117 Å². The first-order valence-electron chi connectivity index (χ1n) is 7.34. The fourth-order valence-electron chi connectivity index (χ4n) is 2.06. The van der Waals surface area contributed by atoms with Crippen molar-refractivity contribution in [1.29, 1.82) is 0 Å². The summed E-state index contributed by atoms with van der Waals surface area (Å²) in [6.07, 6.45) is 5.11. The van der Waals surface area contributed by atoms with Crippen molar-refractivity contribution in [1.82, 2.24) is 0 Å². The highest BCUT2D eigenvalue weighted by molar-refractivity contribution is 5.41. The summed E-state index contributed by atoms with van der Waals surface area (Å²) in [5.41, 5.74) is 2.45. The van der Waals surface area contributed by atoms with Crippen LogP contribution in [-0.2, 0) is 6.42 Å². The third-order valence-electron chi connectivity index (χ3n) is 3.47. The Kier molecular flexibility index (Phi) is 7.27. The van der Waals surface area contributed by atoms with Gasteiger partial charge < -0.3 is 10.1 Å². The van der Waals surface area contributed by atoms with Crippen LogP contribution < -0.4 is 10.1 Å². The van der Waals surface area contributed by atoms with Gasteiger partial charge in [0.05, 0.1) is 19.2 Å². The van der Waals surface area contributed by atoms with Crippen LogP contribution in [0, 0.1) is 6.92 Å². The van der Waals surface area contributed by atoms with Crippen molar-refractivity contribution >= 4 is 0 Å². The Morgan fingerprint density at radius 3 is 2.89 bits per heavy atom. The molecule has 0 bridgehead atoms. The standard InChI is InChI=1S/C17H27NO/c1-5-9-16-11-7-10-14(3)17(16)19-13-8-12-18-15(4)6-2/h5,7,10-11,15,18H,1,6,8-9,12-13H2,2-4H3/p+1/t15-/m0/s1. The molecule has 0 fully saturated rings. The van der Waals surface area contributed by atoms with Crippen LogP contribution in [0.15, 0.2) is 30.9 Å². The highest BCUT2D eigenvalue weighted by Gasteiger charge is 2.06. The molecule has 1 atom stereocenters. The van der Waals surface area contributed by atoms with Gasteiger partial charge in [0.25, 0.3) is 0 Å². The van der Waals surface area contributed by atoms with Gasteiger partial charge in [0.2, 0.25) is 0 Å². The van der Waals surface area contributed by atoms with Crippen LogP contribution in [-0.4, -0.2) is 19.2 Å². The van der Waals surface area contributed by atoms with E-state index in [4.69, 9.17) is 4.74 Å². The summed E-state index contributed by atoms with van der Waals surface area (Å²) in [6, 6.07) is 7.02. The SMILES string of the molecule is C=CCc1cccc(C)c1OCCC[NH2+][C@@H](C)CC. The number of aryl methyl sites for hydroxylation is 1. The molecule has 2 nitrogen and oxygen atoms in total. The summed E-state index contributed by atoms with van der Waals surface area (Å²) < 4.78 is 5.97. The van der Waals surface area contributed by atoms with Crippen LogP contribution >= 0.6 is 0 Å². The molecular formula is C17H28NO+. The van der Waals surface area contributed by atoms with Crippen LogP contribution in [0.2, 0.25) is 0 Å². The maximum atomic E-state index is 5.97. The van der Waals surface area contributed by atoms with Gasteiger partial charge in [0, 0.05) is 6.42 Å². The van der Waals surface area contributed by atoms with E-state index in [1.54, 1.807) is 0 Å². The molecule has 1 aromatic rings. The molecule has 0 aromatic heterocycles. The van der Waals surface area contributed by atoms with Crippen molar-refractivity contribution in [3.8, 4) is 5.75 Å². The molecule has 1 aromatic carbocycles. The zero-order valence-corrected chi connectivity index (χ0v) is 12.6. The van der Waals surface area contributed by atoms with Gasteiger partial charge in [-0.25, -0.2) is 0 Å². The number of para-hydroxylation sites is 1. The van der Waals surface area contributed by atoms with Gasteiger partial charge in [0.1, 0.15) is 5.75 Å². The normalized spacial score (nSPS) is 12.2. The molecule has 2 N–H and O–H groups in total. The zero-order chi connectivity index (χ0) is 14.1. The number of hydrogen-bond donors (Lipinski definition) is 1. The van der Waals surface area contributed by atoms with Gasteiger partial charge in [0.15, 0.2) is 0 Å². The van der Waals surface area contributed by atoms with Crippen molar-refractivity contribution in [3.05, 3.63) is 42.0 Å². The highest BCUT2D eigenvalue weighted by atomic mass is 16.5. The van der Waals surface area contributed by atoms with E-state index in [9.17, 15) is 0 Å². The van der Waals surface area contributed by atoms with E-state index < -0.39 is 0 Å². The maximum Gasteiger partial charge on any atom is 0.125 e. The van der Waals surface area contributed by atoms with Gasteiger partial charge in [-0.2, -0.15) is 0 Å². The van der Waals surface area contributed by atoms with Gasteiger partial charge in [-0.3, -0.25) is 0 Å². The first-order valence-corrected chi connectivity index (χ1v) is 7.34. The molecular weight excluding hydrogens is 234 g/mol. The van der Waals surface area contributed by atoms with Crippen molar-refractivity contribution in [2.24, 2.45) is 0 Å². The lowest BCUT2D eigenvalue weighted by Crippen LogP contribution is -2.89.